The summed E-state index contributed by atoms with van der Waals surface area (Å²) in [7, 11) is 0. The molecule has 1 heterocycles. The van der Waals surface area contributed by atoms with E-state index in [2.05, 4.69) is 25.8 Å². The van der Waals surface area contributed by atoms with Crippen LogP contribution in [0.3, 0.4) is 0 Å². The first kappa shape index (κ1) is 10.4. The van der Waals surface area contributed by atoms with Crippen molar-refractivity contribution in [3.63, 3.8) is 0 Å². The van der Waals surface area contributed by atoms with Crippen molar-refractivity contribution in [1.29, 1.82) is 0 Å². The van der Waals surface area contributed by atoms with Gasteiger partial charge in [0.05, 0.1) is 12.1 Å². The van der Waals surface area contributed by atoms with Crippen LogP contribution in [0.1, 0.15) is 38.4 Å². The summed E-state index contributed by atoms with van der Waals surface area (Å²) in [6, 6.07) is 0. The molecule has 2 nitrogen and oxygen atoms in total. The van der Waals surface area contributed by atoms with Crippen LogP contribution in [0.15, 0.2) is 5.38 Å². The second-order valence-electron chi connectivity index (χ2n) is 4.26. The molecule has 72 valence electrons. The maximum Gasteiger partial charge on any atom is 0.136 e. The van der Waals surface area contributed by atoms with E-state index in [1.165, 1.54) is 0 Å². The van der Waals surface area contributed by atoms with E-state index >= 15 is 0 Å². The van der Waals surface area contributed by atoms with Crippen molar-refractivity contribution < 1.29 is 4.79 Å². The molecular formula is C10H15NOS. The van der Waals surface area contributed by atoms with Gasteiger partial charge in [-0.1, -0.05) is 20.8 Å². The Labute approximate surface area is 83.0 Å². The molecule has 0 bridgehead atoms. The van der Waals surface area contributed by atoms with Gasteiger partial charge in [-0.3, -0.25) is 4.79 Å². The largest absolute Gasteiger partial charge is 0.300 e. The number of thiazole rings is 1. The molecule has 0 spiro atoms. The molecule has 0 saturated carbocycles. The molecule has 0 N–H and O–H groups in total. The number of hydrogen-bond acceptors (Lipinski definition) is 3. The molecule has 3 heteroatoms. The lowest BCUT2D eigenvalue weighted by Gasteiger charge is -2.14. The topological polar surface area (TPSA) is 30.0 Å². The first-order valence-corrected chi connectivity index (χ1v) is 5.22. The molecule has 0 aliphatic rings. The van der Waals surface area contributed by atoms with Gasteiger partial charge in [0.15, 0.2) is 0 Å². The summed E-state index contributed by atoms with van der Waals surface area (Å²) in [5.41, 5.74) is 1.17. The molecule has 0 aliphatic carbocycles. The number of aromatic nitrogens is 1. The second-order valence-corrected chi connectivity index (χ2v) is 5.20. The molecular weight excluding hydrogens is 182 g/mol. The normalized spacial score (nSPS) is 11.7. The molecule has 0 fully saturated rings. The fourth-order valence-electron chi connectivity index (χ4n) is 0.950. The number of Topliss-reactive ketones (excluding diaryl/α,β-unsaturated/α-hetero) is 1. The van der Waals surface area contributed by atoms with Crippen LogP contribution >= 0.6 is 11.3 Å². The molecule has 0 saturated heterocycles. The minimum absolute atomic E-state index is 0.0888. The highest BCUT2D eigenvalue weighted by molar-refractivity contribution is 7.09. The maximum atomic E-state index is 10.8. The predicted octanol–water partition coefficient (Wildman–Crippen LogP) is 2.57. The Morgan fingerprint density at radius 2 is 2.15 bits per heavy atom. The third kappa shape index (κ3) is 2.92. The first-order valence-electron chi connectivity index (χ1n) is 4.34. The van der Waals surface area contributed by atoms with E-state index in [1.54, 1.807) is 18.3 Å². The Hall–Kier alpha value is -0.700. The Morgan fingerprint density at radius 3 is 2.54 bits per heavy atom. The molecule has 0 unspecified atom stereocenters. The van der Waals surface area contributed by atoms with Crippen LogP contribution in [0.2, 0.25) is 0 Å². The number of hydrogen-bond donors (Lipinski definition) is 0. The monoisotopic (exact) mass is 197 g/mol. The fraction of sp³-hybridized carbons (Fsp3) is 0.600. The van der Waals surface area contributed by atoms with Gasteiger partial charge in [-0.25, -0.2) is 4.98 Å². The van der Waals surface area contributed by atoms with E-state index in [0.29, 0.717) is 6.42 Å². The summed E-state index contributed by atoms with van der Waals surface area (Å²) in [6.07, 6.45) is 0.473. The minimum Gasteiger partial charge on any atom is -0.300 e. The van der Waals surface area contributed by atoms with E-state index in [-0.39, 0.29) is 11.2 Å². The average Bonchev–Trinajstić information content (AvgIpc) is 2.32. The summed E-state index contributed by atoms with van der Waals surface area (Å²) in [5.74, 6) is 0.176. The van der Waals surface area contributed by atoms with Crippen LogP contribution in [-0.2, 0) is 16.6 Å². The molecule has 1 rings (SSSR count). The molecule has 0 atom stereocenters. The second kappa shape index (κ2) is 3.58. The van der Waals surface area contributed by atoms with Crippen molar-refractivity contribution in [2.45, 2.75) is 39.5 Å². The van der Waals surface area contributed by atoms with Crippen molar-refractivity contribution >= 4 is 17.1 Å². The van der Waals surface area contributed by atoms with Gasteiger partial charge < -0.3 is 0 Å². The Bertz CT molecular complexity index is 309. The smallest absolute Gasteiger partial charge is 0.136 e. The van der Waals surface area contributed by atoms with Crippen molar-refractivity contribution in [1.82, 2.24) is 4.98 Å². The molecule has 1 aromatic heterocycles. The van der Waals surface area contributed by atoms with Gasteiger partial charge in [-0.15, -0.1) is 11.3 Å². The first-order chi connectivity index (χ1) is 5.89. The zero-order chi connectivity index (χ0) is 10.1. The van der Waals surface area contributed by atoms with E-state index in [4.69, 9.17) is 0 Å². The Morgan fingerprint density at radius 1 is 1.54 bits per heavy atom. The Kier molecular flexibility index (Phi) is 2.86. The zero-order valence-corrected chi connectivity index (χ0v) is 9.36. The molecule has 0 radical (unpaired) electrons. The number of carbonyl (C=O) groups excluding carboxylic acids is 1. The third-order valence-corrected chi connectivity index (χ3v) is 2.57. The number of nitrogens with zero attached hydrogens (tertiary/aromatic N) is 1. The van der Waals surface area contributed by atoms with Gasteiger partial charge in [-0.05, 0) is 6.92 Å². The number of ketones is 1. The molecule has 0 aromatic carbocycles. The summed E-state index contributed by atoms with van der Waals surface area (Å²) in [5, 5.41) is 2.97. The summed E-state index contributed by atoms with van der Waals surface area (Å²) < 4.78 is 0. The standard InChI is InChI=1S/C10H15NOS/c1-7(12)5-9-11-8(6-13-9)10(2,3)4/h6H,5H2,1-4H3. The van der Waals surface area contributed by atoms with Crippen LogP contribution < -0.4 is 0 Å². The number of rotatable bonds is 2. The lowest BCUT2D eigenvalue weighted by Crippen LogP contribution is -2.11. The van der Waals surface area contributed by atoms with Gasteiger partial charge in [0, 0.05) is 10.8 Å². The van der Waals surface area contributed by atoms with Gasteiger partial charge in [0.25, 0.3) is 0 Å². The summed E-state index contributed by atoms with van der Waals surface area (Å²) in [6.45, 7) is 7.97. The van der Waals surface area contributed by atoms with Crippen molar-refractivity contribution in [3.05, 3.63) is 16.1 Å². The third-order valence-electron chi connectivity index (χ3n) is 1.72. The quantitative estimate of drug-likeness (QED) is 0.729. The van der Waals surface area contributed by atoms with E-state index in [9.17, 15) is 4.79 Å². The molecule has 0 amide bonds. The average molecular weight is 197 g/mol. The molecule has 0 aliphatic heterocycles. The van der Waals surface area contributed by atoms with Crippen LogP contribution in [0.5, 0.6) is 0 Å². The summed E-state index contributed by atoms with van der Waals surface area (Å²) in [4.78, 5) is 15.3. The summed E-state index contributed by atoms with van der Waals surface area (Å²) >= 11 is 1.57. The van der Waals surface area contributed by atoms with Crippen LogP contribution in [-0.4, -0.2) is 10.8 Å². The van der Waals surface area contributed by atoms with Crippen LogP contribution in [0, 0.1) is 0 Å². The van der Waals surface area contributed by atoms with Gasteiger partial charge >= 0.3 is 0 Å². The van der Waals surface area contributed by atoms with Crippen molar-refractivity contribution in [2.24, 2.45) is 0 Å². The fourth-order valence-corrected chi connectivity index (χ4v) is 2.04. The highest BCUT2D eigenvalue weighted by atomic mass is 32.1. The van der Waals surface area contributed by atoms with E-state index in [1.807, 2.05) is 5.38 Å². The van der Waals surface area contributed by atoms with Gasteiger partial charge in [-0.2, -0.15) is 0 Å². The minimum atomic E-state index is 0.0888. The van der Waals surface area contributed by atoms with Crippen LogP contribution in [0.4, 0.5) is 0 Å². The predicted molar refractivity (Wildman–Crippen MR) is 55.2 cm³/mol. The molecule has 1 aromatic rings. The highest BCUT2D eigenvalue weighted by Gasteiger charge is 2.17. The lowest BCUT2D eigenvalue weighted by atomic mass is 9.93. The van der Waals surface area contributed by atoms with Gasteiger partial charge in [0.1, 0.15) is 10.8 Å². The lowest BCUT2D eigenvalue weighted by molar-refractivity contribution is -0.116. The number of carbonyl (C=O) groups is 1. The van der Waals surface area contributed by atoms with E-state index < -0.39 is 0 Å². The zero-order valence-electron chi connectivity index (χ0n) is 8.55. The van der Waals surface area contributed by atoms with Gasteiger partial charge in [0.2, 0.25) is 0 Å². The molecule has 13 heavy (non-hydrogen) atoms. The Balaban J connectivity index is 2.81. The highest BCUT2D eigenvalue weighted by Crippen LogP contribution is 2.23. The van der Waals surface area contributed by atoms with E-state index in [0.717, 1.165) is 10.7 Å². The van der Waals surface area contributed by atoms with Crippen molar-refractivity contribution in [2.75, 3.05) is 0 Å². The van der Waals surface area contributed by atoms with Crippen molar-refractivity contribution in [3.8, 4) is 0 Å². The SMILES string of the molecule is CC(=O)Cc1nc(C(C)(C)C)cs1. The van der Waals surface area contributed by atoms with Crippen LogP contribution in [0.25, 0.3) is 0 Å². The maximum absolute atomic E-state index is 10.8.